The maximum Gasteiger partial charge on any atom is 0.303 e. The van der Waals surface area contributed by atoms with E-state index in [-0.39, 0.29) is 121 Å². The monoisotopic (exact) mass is 1800 g/mol. The molecule has 0 spiro atoms. The number of aliphatic carboxylic acids is 1. The normalized spacial score (nSPS) is 24.3. The lowest BCUT2D eigenvalue weighted by Crippen LogP contribution is -2.66. The summed E-state index contributed by atoms with van der Waals surface area (Å²) in [5.74, 6) is -10.6. The average Bonchev–Trinajstić information content (AvgIpc) is 0.794. The first-order valence-corrected chi connectivity index (χ1v) is 42.7. The molecule has 126 heavy (non-hydrogen) atoms. The van der Waals surface area contributed by atoms with Gasteiger partial charge in [0.25, 0.3) is 0 Å². The molecule has 4 rings (SSSR count). The standard InChI is InChI=1S/C83H131N7O36/c1-48(91)87-70-77(121-57(10)100)74(118-54(7)97)63(45-115-51(4)94)124-81(70)112-37-26-17-14-22-33-84-66(103)30-40-109-61-43-60(80(108)90(13)36-25-20-21-29-69(106)107)44-62(110-41-31-67(104)85-34-23-15-18-27-38-113-82-71(88-49(2)92)78(122-58(11)101)75(119-55(8)98)64(125-82)46-116-52(5)95)73(61)111-42-32-68(105)86-35-24-16-19-28-39-114-83-72(89-50(3)93)79(123-59(12)102)76(120-56(9)99)65(126-83)47-117-53(6)96/h43,61-65,70-79,81-83H,14-42,44-47H2,1-13H3,(H,84,103)(H,85,104)(H,86,105)(H,87,91)(H,88,92)(H,89,93)(H,106,107)/t61-,62-,63-,64-,65-,70-,71-,72-,73-,74+,75+,76+,77-,78-,79-,81-,82-,83-/m1/s1. The molecular formula is C83H131N7O36. The van der Waals surface area contributed by atoms with Gasteiger partial charge in [0.05, 0.1) is 25.9 Å². The van der Waals surface area contributed by atoms with Gasteiger partial charge >= 0.3 is 59.7 Å². The molecule has 3 aliphatic heterocycles. The number of rotatable bonds is 58. The number of hydrogen-bond donors (Lipinski definition) is 7. The van der Waals surface area contributed by atoms with Crippen LogP contribution in [0.3, 0.4) is 0 Å². The molecule has 3 saturated heterocycles. The minimum Gasteiger partial charge on any atom is -0.481 e. The fourth-order valence-electron chi connectivity index (χ4n) is 14.2. The molecule has 43 nitrogen and oxygen atoms in total. The van der Waals surface area contributed by atoms with E-state index in [9.17, 15) is 86.6 Å². The Labute approximate surface area is 733 Å². The van der Waals surface area contributed by atoms with E-state index in [2.05, 4.69) is 31.9 Å². The van der Waals surface area contributed by atoms with Crippen LogP contribution in [0.25, 0.3) is 0 Å². The summed E-state index contributed by atoms with van der Waals surface area (Å²) in [5.41, 5.74) is 0.262. The molecule has 3 heterocycles. The summed E-state index contributed by atoms with van der Waals surface area (Å²) in [7, 11) is 1.60. The van der Waals surface area contributed by atoms with E-state index < -0.39 is 213 Å². The number of carbonyl (C=O) groups excluding carboxylic acids is 16. The summed E-state index contributed by atoms with van der Waals surface area (Å²) in [6.07, 6.45) is -8.84. The average molecular weight is 1800 g/mol. The van der Waals surface area contributed by atoms with Crippen LogP contribution in [0.2, 0.25) is 0 Å². The number of unbranched alkanes of at least 4 members (excludes halogenated alkanes) is 11. The molecule has 1 aliphatic carbocycles. The molecule has 0 saturated carbocycles. The summed E-state index contributed by atoms with van der Waals surface area (Å²) in [6.45, 7) is 13.5. The van der Waals surface area contributed by atoms with Crippen LogP contribution >= 0.6 is 0 Å². The van der Waals surface area contributed by atoms with Crippen molar-refractivity contribution in [2.24, 2.45) is 0 Å². The van der Waals surface area contributed by atoms with E-state index in [0.29, 0.717) is 96.3 Å². The van der Waals surface area contributed by atoms with Crippen molar-refractivity contribution >= 4 is 101 Å². The van der Waals surface area contributed by atoms with Crippen LogP contribution in [0.4, 0.5) is 0 Å². The number of hydrogen-bond acceptors (Lipinski definition) is 35. The molecule has 43 heteroatoms. The SMILES string of the molecule is CC(=O)N[C@H]1[C@H](OCCCCCCNC(=O)CCO[C@@H]2[C@H](OCCC(=O)NCCCCCCO[C@@H]3O[C@H](COC(C)=O)[C@H](OC(C)=O)[C@H](OC(C)=O)[C@H]3NC(C)=O)C=C(C(=O)N(C)CCCCCC(=O)O)C[C@H]2OCCC(=O)NCCCCCCO[C@@H]2O[C@H](COC(C)=O)[C@H](OC(C)=O)[C@H](OC(C)=O)[C@H]2NC(C)=O)O[C@H](COC(C)=O)[C@H](OC(C)=O)[C@@H]1OC(C)=O. The maximum absolute atomic E-state index is 14.4. The van der Waals surface area contributed by atoms with Crippen LogP contribution in [-0.4, -0.2) is 314 Å². The molecule has 0 aromatic heterocycles. The number of carbonyl (C=O) groups is 17. The number of ether oxygens (including phenoxy) is 18. The first-order valence-electron chi connectivity index (χ1n) is 42.7. The van der Waals surface area contributed by atoms with Gasteiger partial charge in [0, 0.05) is 174 Å². The van der Waals surface area contributed by atoms with Gasteiger partial charge < -0.3 is 127 Å². The predicted octanol–water partition coefficient (Wildman–Crippen LogP) is 1.79. The first kappa shape index (κ1) is 109. The van der Waals surface area contributed by atoms with Gasteiger partial charge in [-0.1, -0.05) is 44.9 Å². The van der Waals surface area contributed by atoms with Crippen LogP contribution in [0, 0.1) is 0 Å². The summed E-state index contributed by atoms with van der Waals surface area (Å²) >= 11 is 0. The largest absolute Gasteiger partial charge is 0.481 e. The van der Waals surface area contributed by atoms with Crippen molar-refractivity contribution in [3.05, 3.63) is 11.6 Å². The highest BCUT2D eigenvalue weighted by Gasteiger charge is 2.55. The van der Waals surface area contributed by atoms with Gasteiger partial charge in [-0.05, 0) is 57.4 Å². The van der Waals surface area contributed by atoms with Crippen molar-refractivity contribution < 1.29 is 172 Å². The molecule has 0 aromatic rings. The van der Waals surface area contributed by atoms with E-state index in [1.807, 2.05) is 0 Å². The van der Waals surface area contributed by atoms with Crippen molar-refractivity contribution in [2.45, 2.75) is 322 Å². The second-order valence-electron chi connectivity index (χ2n) is 30.7. The fourth-order valence-corrected chi connectivity index (χ4v) is 14.2. The molecule has 714 valence electrons. The smallest absolute Gasteiger partial charge is 0.303 e. The van der Waals surface area contributed by atoms with E-state index in [1.165, 1.54) is 46.4 Å². The Morgan fingerprint density at radius 1 is 0.349 bits per heavy atom. The lowest BCUT2D eigenvalue weighted by Gasteiger charge is -2.44. The molecule has 0 unspecified atom stereocenters. The molecule has 0 bridgehead atoms. The van der Waals surface area contributed by atoms with E-state index >= 15 is 0 Å². The molecular weight excluding hydrogens is 1670 g/mol. The fraction of sp³-hybridized carbons (Fsp3) is 0.771. The van der Waals surface area contributed by atoms with Crippen molar-refractivity contribution in [3.8, 4) is 0 Å². The summed E-state index contributed by atoms with van der Waals surface area (Å²) in [4.78, 5) is 214. The molecule has 0 radical (unpaired) electrons. The number of carboxylic acid groups (broad SMARTS) is 1. The lowest BCUT2D eigenvalue weighted by molar-refractivity contribution is -0.277. The van der Waals surface area contributed by atoms with Crippen LogP contribution in [0.5, 0.6) is 0 Å². The highest BCUT2D eigenvalue weighted by atomic mass is 16.7. The Bertz CT molecular complexity index is 3570. The van der Waals surface area contributed by atoms with Gasteiger partial charge in [-0.25, -0.2) is 0 Å². The third kappa shape index (κ3) is 43.2. The van der Waals surface area contributed by atoms with Crippen LogP contribution in [-0.2, 0) is 167 Å². The van der Waals surface area contributed by atoms with Gasteiger partial charge in [0.2, 0.25) is 41.4 Å². The van der Waals surface area contributed by atoms with E-state index in [4.69, 9.17) is 85.3 Å². The zero-order valence-electron chi connectivity index (χ0n) is 74.5. The molecule has 3 fully saturated rings. The molecule has 18 atom stereocenters. The second-order valence-corrected chi connectivity index (χ2v) is 30.7. The zero-order chi connectivity index (χ0) is 93.4. The molecule has 0 aromatic carbocycles. The Hall–Kier alpha value is -9.63. The lowest BCUT2D eigenvalue weighted by atomic mass is 9.90. The van der Waals surface area contributed by atoms with Crippen molar-refractivity contribution in [3.63, 3.8) is 0 Å². The second kappa shape index (κ2) is 59.4. The predicted molar refractivity (Wildman–Crippen MR) is 434 cm³/mol. The first-order chi connectivity index (χ1) is 59.8. The number of likely N-dealkylation sites (N-methyl/N-ethyl adjacent to an activating group) is 1. The topological polar surface area (TPSA) is 552 Å². The third-order valence-corrected chi connectivity index (χ3v) is 19.7. The quantitative estimate of drug-likeness (QED) is 0.0259. The highest BCUT2D eigenvalue weighted by Crippen LogP contribution is 2.34. The van der Waals surface area contributed by atoms with Crippen LogP contribution in [0.1, 0.15) is 212 Å². The van der Waals surface area contributed by atoms with Gasteiger partial charge in [-0.2, -0.15) is 0 Å². The summed E-state index contributed by atoms with van der Waals surface area (Å²) < 4.78 is 104. The zero-order valence-corrected chi connectivity index (χ0v) is 74.5. The summed E-state index contributed by atoms with van der Waals surface area (Å²) in [5, 5.41) is 25.9. The number of esters is 9. The third-order valence-electron chi connectivity index (χ3n) is 19.7. The Morgan fingerprint density at radius 3 is 0.976 bits per heavy atom. The van der Waals surface area contributed by atoms with Crippen molar-refractivity contribution in [1.82, 2.24) is 36.8 Å². The minimum absolute atomic E-state index is 0.0384. The van der Waals surface area contributed by atoms with E-state index in [1.54, 1.807) is 13.1 Å². The van der Waals surface area contributed by atoms with Gasteiger partial charge in [-0.15, -0.1) is 0 Å². The Kier molecular flexibility index (Phi) is 51.3. The van der Waals surface area contributed by atoms with Gasteiger partial charge in [-0.3, -0.25) is 81.5 Å². The number of nitrogens with zero attached hydrogens (tertiary/aromatic N) is 1. The van der Waals surface area contributed by atoms with E-state index in [0.717, 1.165) is 41.5 Å². The Morgan fingerprint density at radius 2 is 0.659 bits per heavy atom. The maximum atomic E-state index is 14.4. The Balaban J connectivity index is 1.44. The minimum atomic E-state index is -1.29. The van der Waals surface area contributed by atoms with Crippen LogP contribution < -0.4 is 31.9 Å². The molecule has 7 N–H and O–H groups in total. The van der Waals surface area contributed by atoms with Crippen molar-refractivity contribution in [1.29, 1.82) is 0 Å². The summed E-state index contributed by atoms with van der Waals surface area (Å²) in [6, 6.07) is -3.43. The van der Waals surface area contributed by atoms with Gasteiger partial charge in [0.1, 0.15) is 68.5 Å². The number of nitrogens with one attached hydrogen (secondary N) is 6. The van der Waals surface area contributed by atoms with Crippen LogP contribution in [0.15, 0.2) is 11.6 Å². The van der Waals surface area contributed by atoms with Gasteiger partial charge in [0.15, 0.2) is 55.5 Å². The number of amides is 7. The molecule has 4 aliphatic rings. The highest BCUT2D eigenvalue weighted by molar-refractivity contribution is 5.93. The van der Waals surface area contributed by atoms with Crippen molar-refractivity contribution in [2.75, 3.05) is 92.7 Å². The number of carboxylic acids is 1. The molecule has 7 amide bonds.